The van der Waals surface area contributed by atoms with Crippen LogP contribution in [0, 0.1) is 11.8 Å². The van der Waals surface area contributed by atoms with Crippen molar-refractivity contribution in [3.63, 3.8) is 0 Å². The molecule has 0 aliphatic carbocycles. The highest BCUT2D eigenvalue weighted by atomic mass is 32.1. The smallest absolute Gasteiger partial charge is 0.131 e. The fraction of sp³-hybridized carbons (Fsp3) is 0.0833. The normalized spacial score (nSPS) is 9.43. The Labute approximate surface area is 86.4 Å². The standard InChI is InChI=1S/C12H8OS/c13-8-2-1-4-10-5-3-6-11-7-9-14-12(10)11/h3,5-9H,2H2. The Morgan fingerprint density at radius 1 is 1.36 bits per heavy atom. The lowest BCUT2D eigenvalue weighted by molar-refractivity contribution is -0.107. The number of carbonyl (C=O) groups is 1. The third-order valence-electron chi connectivity index (χ3n) is 1.89. The second-order valence-electron chi connectivity index (χ2n) is 2.82. The Hall–Kier alpha value is -1.59. The van der Waals surface area contributed by atoms with E-state index in [4.69, 9.17) is 0 Å². The molecule has 1 aromatic carbocycles. The molecule has 2 rings (SSSR count). The quantitative estimate of drug-likeness (QED) is 0.511. The highest BCUT2D eigenvalue weighted by Crippen LogP contribution is 2.23. The highest BCUT2D eigenvalue weighted by molar-refractivity contribution is 7.17. The Balaban J connectivity index is 2.47. The van der Waals surface area contributed by atoms with Gasteiger partial charge in [0.1, 0.15) is 6.29 Å². The van der Waals surface area contributed by atoms with Crippen LogP contribution in [-0.4, -0.2) is 6.29 Å². The van der Waals surface area contributed by atoms with E-state index in [0.29, 0.717) is 6.42 Å². The van der Waals surface area contributed by atoms with Crippen LogP contribution >= 0.6 is 11.3 Å². The first-order valence-corrected chi connectivity index (χ1v) is 5.18. The van der Waals surface area contributed by atoms with E-state index in [0.717, 1.165) is 11.8 Å². The van der Waals surface area contributed by atoms with Gasteiger partial charge in [-0.2, -0.15) is 0 Å². The average Bonchev–Trinajstić information content (AvgIpc) is 2.67. The monoisotopic (exact) mass is 200 g/mol. The highest BCUT2D eigenvalue weighted by Gasteiger charge is 1.97. The maximum absolute atomic E-state index is 10.1. The number of hydrogen-bond acceptors (Lipinski definition) is 2. The molecule has 1 aromatic heterocycles. The topological polar surface area (TPSA) is 17.1 Å². The van der Waals surface area contributed by atoms with Crippen LogP contribution in [0.2, 0.25) is 0 Å². The van der Waals surface area contributed by atoms with Crippen molar-refractivity contribution in [2.24, 2.45) is 0 Å². The summed E-state index contributed by atoms with van der Waals surface area (Å²) in [5.74, 6) is 5.83. The molecule has 0 aliphatic heterocycles. The summed E-state index contributed by atoms with van der Waals surface area (Å²) in [6.45, 7) is 0. The first-order chi connectivity index (χ1) is 6.92. The molecule has 0 saturated heterocycles. The maximum atomic E-state index is 10.1. The summed E-state index contributed by atoms with van der Waals surface area (Å²) in [6.07, 6.45) is 1.13. The van der Waals surface area contributed by atoms with Gasteiger partial charge in [-0.05, 0) is 22.9 Å². The Morgan fingerprint density at radius 3 is 3.14 bits per heavy atom. The molecule has 0 aliphatic rings. The van der Waals surface area contributed by atoms with Gasteiger partial charge in [-0.15, -0.1) is 11.3 Å². The second kappa shape index (κ2) is 4.08. The van der Waals surface area contributed by atoms with Crippen LogP contribution in [0.1, 0.15) is 12.0 Å². The lowest BCUT2D eigenvalue weighted by Gasteiger charge is -1.91. The van der Waals surface area contributed by atoms with Crippen LogP contribution in [0.25, 0.3) is 10.1 Å². The molecule has 0 unspecified atom stereocenters. The second-order valence-corrected chi connectivity index (χ2v) is 3.73. The zero-order valence-corrected chi connectivity index (χ0v) is 8.30. The third kappa shape index (κ3) is 1.68. The van der Waals surface area contributed by atoms with E-state index in [1.807, 2.05) is 12.1 Å². The van der Waals surface area contributed by atoms with E-state index in [2.05, 4.69) is 29.4 Å². The Kier molecular flexibility index (Phi) is 2.62. The van der Waals surface area contributed by atoms with Crippen molar-refractivity contribution in [3.05, 3.63) is 35.2 Å². The zero-order valence-electron chi connectivity index (χ0n) is 7.49. The van der Waals surface area contributed by atoms with E-state index >= 15 is 0 Å². The number of thiophene rings is 1. The largest absolute Gasteiger partial charge is 0.302 e. The third-order valence-corrected chi connectivity index (χ3v) is 2.85. The van der Waals surface area contributed by atoms with Crippen LogP contribution in [0.3, 0.4) is 0 Å². The van der Waals surface area contributed by atoms with Gasteiger partial charge in [-0.25, -0.2) is 0 Å². The predicted molar refractivity (Wildman–Crippen MR) is 59.4 cm³/mol. The molecule has 14 heavy (non-hydrogen) atoms. The van der Waals surface area contributed by atoms with Crippen molar-refractivity contribution in [2.45, 2.75) is 6.42 Å². The van der Waals surface area contributed by atoms with E-state index in [-0.39, 0.29) is 0 Å². The van der Waals surface area contributed by atoms with Crippen molar-refractivity contribution in [3.8, 4) is 11.8 Å². The van der Waals surface area contributed by atoms with E-state index in [1.165, 1.54) is 10.1 Å². The molecular weight excluding hydrogens is 192 g/mol. The summed E-state index contributed by atoms with van der Waals surface area (Å²) >= 11 is 1.68. The molecule has 0 atom stereocenters. The molecule has 1 heterocycles. The van der Waals surface area contributed by atoms with Crippen LogP contribution < -0.4 is 0 Å². The van der Waals surface area contributed by atoms with Gasteiger partial charge in [-0.1, -0.05) is 24.0 Å². The molecule has 0 saturated carbocycles. The number of benzene rings is 1. The lowest BCUT2D eigenvalue weighted by Crippen LogP contribution is -1.74. The molecule has 0 amide bonds. The van der Waals surface area contributed by atoms with Crippen LogP contribution in [0.15, 0.2) is 29.6 Å². The van der Waals surface area contributed by atoms with Gasteiger partial charge in [0, 0.05) is 10.3 Å². The van der Waals surface area contributed by atoms with Gasteiger partial charge >= 0.3 is 0 Å². The molecular formula is C12H8OS. The van der Waals surface area contributed by atoms with Crippen LogP contribution in [0.5, 0.6) is 0 Å². The molecule has 0 N–H and O–H groups in total. The van der Waals surface area contributed by atoms with Crippen molar-refractivity contribution in [1.29, 1.82) is 0 Å². The minimum Gasteiger partial charge on any atom is -0.302 e. The van der Waals surface area contributed by atoms with E-state index in [1.54, 1.807) is 11.3 Å². The summed E-state index contributed by atoms with van der Waals surface area (Å²) < 4.78 is 1.20. The van der Waals surface area contributed by atoms with Gasteiger partial charge in [-0.3, -0.25) is 0 Å². The average molecular weight is 200 g/mol. The van der Waals surface area contributed by atoms with Gasteiger partial charge in [0.15, 0.2) is 0 Å². The summed E-state index contributed by atoms with van der Waals surface area (Å²) in [5.41, 5.74) is 1.01. The number of carbonyl (C=O) groups excluding carboxylic acids is 1. The minimum absolute atomic E-state index is 0.307. The zero-order chi connectivity index (χ0) is 9.80. The van der Waals surface area contributed by atoms with Gasteiger partial charge in [0.05, 0.1) is 6.42 Å². The summed E-state index contributed by atoms with van der Waals surface area (Å²) in [5, 5.41) is 3.27. The van der Waals surface area contributed by atoms with Crippen molar-refractivity contribution < 1.29 is 4.79 Å². The Morgan fingerprint density at radius 2 is 2.29 bits per heavy atom. The molecule has 0 bridgehead atoms. The summed E-state index contributed by atoms with van der Waals surface area (Å²) in [6, 6.07) is 8.11. The minimum atomic E-state index is 0.307. The van der Waals surface area contributed by atoms with Crippen LogP contribution in [0.4, 0.5) is 0 Å². The fourth-order valence-electron chi connectivity index (χ4n) is 1.28. The molecule has 2 heteroatoms. The van der Waals surface area contributed by atoms with Gasteiger partial charge in [0.2, 0.25) is 0 Å². The van der Waals surface area contributed by atoms with Crippen molar-refractivity contribution >= 4 is 27.7 Å². The van der Waals surface area contributed by atoms with E-state index in [9.17, 15) is 4.79 Å². The molecule has 0 spiro atoms. The maximum Gasteiger partial charge on any atom is 0.131 e. The molecule has 0 radical (unpaired) electrons. The first kappa shape index (κ1) is 8.98. The summed E-state index contributed by atoms with van der Waals surface area (Å²) in [7, 11) is 0. The van der Waals surface area contributed by atoms with E-state index < -0.39 is 0 Å². The molecule has 1 nitrogen and oxygen atoms in total. The van der Waals surface area contributed by atoms with Gasteiger partial charge in [0.25, 0.3) is 0 Å². The molecule has 68 valence electrons. The first-order valence-electron chi connectivity index (χ1n) is 4.30. The fourth-order valence-corrected chi connectivity index (χ4v) is 2.15. The number of fused-ring (bicyclic) bond motifs is 1. The lowest BCUT2D eigenvalue weighted by atomic mass is 10.2. The molecule has 2 aromatic rings. The number of aldehydes is 1. The predicted octanol–water partition coefficient (Wildman–Crippen LogP) is 2.84. The summed E-state index contributed by atoms with van der Waals surface area (Å²) in [4.78, 5) is 10.1. The SMILES string of the molecule is O=CCC#Cc1cccc2ccsc12. The Bertz CT molecular complexity index is 514. The van der Waals surface area contributed by atoms with Crippen molar-refractivity contribution in [2.75, 3.05) is 0 Å². The van der Waals surface area contributed by atoms with Crippen LogP contribution in [-0.2, 0) is 4.79 Å². The molecule has 0 fully saturated rings. The van der Waals surface area contributed by atoms with Crippen molar-refractivity contribution in [1.82, 2.24) is 0 Å². The number of rotatable bonds is 1. The number of hydrogen-bond donors (Lipinski definition) is 0. The van der Waals surface area contributed by atoms with Gasteiger partial charge < -0.3 is 4.79 Å².